The van der Waals surface area contributed by atoms with E-state index in [1.165, 1.54) is 0 Å². The predicted octanol–water partition coefficient (Wildman–Crippen LogP) is 3.00. The van der Waals surface area contributed by atoms with Crippen molar-refractivity contribution in [3.05, 3.63) is 34.9 Å². The Kier molecular flexibility index (Phi) is 7.10. The van der Waals surface area contributed by atoms with Crippen molar-refractivity contribution in [1.29, 1.82) is 0 Å². The highest BCUT2D eigenvalue weighted by atomic mass is 35.5. The molecule has 1 aromatic carbocycles. The van der Waals surface area contributed by atoms with E-state index in [0.29, 0.717) is 28.9 Å². The molecule has 29 heavy (non-hydrogen) atoms. The highest BCUT2D eigenvalue weighted by Gasteiger charge is 2.27. The van der Waals surface area contributed by atoms with Gasteiger partial charge in [-0.05, 0) is 25.1 Å². The Hall–Kier alpha value is -2.16. The first kappa shape index (κ1) is 21.5. The topological polar surface area (TPSA) is 83.7 Å². The molecular formula is C20H28ClN5O3. The molecule has 1 N–H and O–H groups in total. The summed E-state index contributed by atoms with van der Waals surface area (Å²) < 4.78 is 10.6. The first-order valence-electron chi connectivity index (χ1n) is 9.80. The Balaban J connectivity index is 1.52. The molecule has 1 amide bonds. The standard InChI is InChI=1S/C20H28ClN5O3/c1-13(2)19-23-18(29-24-19)12-25-7-9-26(10-8-25)14(3)20(27)22-16-11-15(21)5-6-17(16)28-4/h5-6,11,13-14H,7-10,12H2,1-4H3,(H,22,27). The molecule has 158 valence electrons. The summed E-state index contributed by atoms with van der Waals surface area (Å²) in [5, 5.41) is 7.48. The first-order chi connectivity index (χ1) is 13.9. The molecule has 1 aliphatic rings. The number of nitrogens with one attached hydrogen (secondary N) is 1. The Morgan fingerprint density at radius 2 is 2.00 bits per heavy atom. The summed E-state index contributed by atoms with van der Waals surface area (Å²) in [5.41, 5.74) is 0.577. The third kappa shape index (κ3) is 5.46. The fraction of sp³-hybridized carbons (Fsp3) is 0.550. The van der Waals surface area contributed by atoms with Crippen LogP contribution in [0.2, 0.25) is 5.02 Å². The molecule has 9 heteroatoms. The van der Waals surface area contributed by atoms with Crippen LogP contribution >= 0.6 is 11.6 Å². The van der Waals surface area contributed by atoms with Crippen LogP contribution in [0.5, 0.6) is 5.75 Å². The van der Waals surface area contributed by atoms with Crippen molar-refractivity contribution in [1.82, 2.24) is 19.9 Å². The van der Waals surface area contributed by atoms with Crippen molar-refractivity contribution in [2.24, 2.45) is 0 Å². The smallest absolute Gasteiger partial charge is 0.241 e. The van der Waals surface area contributed by atoms with Gasteiger partial charge in [0.25, 0.3) is 0 Å². The number of carbonyl (C=O) groups excluding carboxylic acids is 1. The molecule has 1 aromatic heterocycles. The molecule has 2 heterocycles. The van der Waals surface area contributed by atoms with Gasteiger partial charge >= 0.3 is 0 Å². The molecule has 3 rings (SSSR count). The van der Waals surface area contributed by atoms with Crippen LogP contribution in [0.15, 0.2) is 22.7 Å². The van der Waals surface area contributed by atoms with E-state index in [4.69, 9.17) is 20.9 Å². The largest absolute Gasteiger partial charge is 0.495 e. The molecule has 0 aliphatic carbocycles. The molecule has 8 nitrogen and oxygen atoms in total. The van der Waals surface area contributed by atoms with Crippen LogP contribution in [0.25, 0.3) is 0 Å². The minimum Gasteiger partial charge on any atom is -0.495 e. The number of amides is 1. The van der Waals surface area contributed by atoms with Crippen molar-refractivity contribution >= 4 is 23.2 Å². The van der Waals surface area contributed by atoms with Gasteiger partial charge in [0.15, 0.2) is 5.82 Å². The lowest BCUT2D eigenvalue weighted by Gasteiger charge is -2.36. The maximum absolute atomic E-state index is 12.7. The fourth-order valence-electron chi connectivity index (χ4n) is 3.25. The summed E-state index contributed by atoms with van der Waals surface area (Å²) in [4.78, 5) is 21.6. The summed E-state index contributed by atoms with van der Waals surface area (Å²) in [6.07, 6.45) is 0. The van der Waals surface area contributed by atoms with Crippen molar-refractivity contribution < 1.29 is 14.1 Å². The Morgan fingerprint density at radius 1 is 1.28 bits per heavy atom. The van der Waals surface area contributed by atoms with Crippen LogP contribution < -0.4 is 10.1 Å². The summed E-state index contributed by atoms with van der Waals surface area (Å²) in [5.74, 6) is 2.13. The third-order valence-corrected chi connectivity index (χ3v) is 5.35. The van der Waals surface area contributed by atoms with Crippen molar-refractivity contribution in [2.45, 2.75) is 39.3 Å². The van der Waals surface area contributed by atoms with E-state index in [9.17, 15) is 4.79 Å². The van der Waals surface area contributed by atoms with Crippen molar-refractivity contribution in [3.63, 3.8) is 0 Å². The van der Waals surface area contributed by atoms with Gasteiger partial charge in [0, 0.05) is 37.1 Å². The number of aromatic nitrogens is 2. The molecular weight excluding hydrogens is 394 g/mol. The average molecular weight is 422 g/mol. The quantitative estimate of drug-likeness (QED) is 0.735. The number of methoxy groups -OCH3 is 1. The summed E-state index contributed by atoms with van der Waals surface area (Å²) in [6, 6.07) is 4.89. The van der Waals surface area contributed by atoms with Crippen molar-refractivity contribution in [3.8, 4) is 5.75 Å². The molecule has 0 radical (unpaired) electrons. The van der Waals surface area contributed by atoms with E-state index in [-0.39, 0.29) is 17.9 Å². The highest BCUT2D eigenvalue weighted by Crippen LogP contribution is 2.28. The van der Waals surface area contributed by atoms with Gasteiger partial charge in [-0.2, -0.15) is 4.98 Å². The monoisotopic (exact) mass is 421 g/mol. The fourth-order valence-corrected chi connectivity index (χ4v) is 3.42. The lowest BCUT2D eigenvalue weighted by atomic mass is 10.2. The van der Waals surface area contributed by atoms with Gasteiger partial charge in [0.2, 0.25) is 11.8 Å². The number of carbonyl (C=O) groups is 1. The first-order valence-corrected chi connectivity index (χ1v) is 10.2. The van der Waals surface area contributed by atoms with E-state index in [1.54, 1.807) is 25.3 Å². The predicted molar refractivity (Wildman–Crippen MR) is 111 cm³/mol. The van der Waals surface area contributed by atoms with E-state index in [1.807, 2.05) is 20.8 Å². The van der Waals surface area contributed by atoms with Crippen LogP contribution in [-0.2, 0) is 11.3 Å². The maximum Gasteiger partial charge on any atom is 0.241 e. The second kappa shape index (κ2) is 9.56. The molecule has 1 unspecified atom stereocenters. The van der Waals surface area contributed by atoms with Crippen LogP contribution in [0.3, 0.4) is 0 Å². The van der Waals surface area contributed by atoms with Gasteiger partial charge < -0.3 is 14.6 Å². The number of piperazine rings is 1. The average Bonchev–Trinajstić information content (AvgIpc) is 3.17. The van der Waals surface area contributed by atoms with Crippen LogP contribution in [-0.4, -0.2) is 65.2 Å². The second-order valence-electron chi connectivity index (χ2n) is 7.52. The Morgan fingerprint density at radius 3 is 2.62 bits per heavy atom. The number of rotatable bonds is 7. The minimum absolute atomic E-state index is 0.0857. The molecule has 1 aliphatic heterocycles. The molecule has 1 fully saturated rings. The normalized spacial score (nSPS) is 16.8. The van der Waals surface area contributed by atoms with Gasteiger partial charge in [-0.3, -0.25) is 14.6 Å². The molecule has 1 atom stereocenters. The number of anilines is 1. The summed E-state index contributed by atoms with van der Waals surface area (Å²) in [6.45, 7) is 9.86. The number of ether oxygens (including phenoxy) is 1. The molecule has 0 spiro atoms. The second-order valence-corrected chi connectivity index (χ2v) is 7.96. The highest BCUT2D eigenvalue weighted by molar-refractivity contribution is 6.31. The maximum atomic E-state index is 12.7. The zero-order chi connectivity index (χ0) is 21.0. The van der Waals surface area contributed by atoms with Gasteiger partial charge in [0.05, 0.1) is 25.4 Å². The van der Waals surface area contributed by atoms with Gasteiger partial charge in [-0.15, -0.1) is 0 Å². The van der Waals surface area contributed by atoms with E-state index >= 15 is 0 Å². The lowest BCUT2D eigenvalue weighted by Crippen LogP contribution is -2.52. The number of hydrogen-bond acceptors (Lipinski definition) is 7. The number of benzene rings is 1. The minimum atomic E-state index is -0.267. The third-order valence-electron chi connectivity index (χ3n) is 5.11. The zero-order valence-electron chi connectivity index (χ0n) is 17.3. The van der Waals surface area contributed by atoms with Gasteiger partial charge in [0.1, 0.15) is 5.75 Å². The number of nitrogens with zero attached hydrogens (tertiary/aromatic N) is 4. The van der Waals surface area contributed by atoms with E-state index in [2.05, 4.69) is 25.3 Å². The van der Waals surface area contributed by atoms with Crippen molar-refractivity contribution in [2.75, 3.05) is 38.6 Å². The zero-order valence-corrected chi connectivity index (χ0v) is 18.1. The number of halogens is 1. The summed E-state index contributed by atoms with van der Waals surface area (Å²) >= 11 is 6.05. The van der Waals surface area contributed by atoms with Crippen LogP contribution in [0.1, 0.15) is 38.4 Å². The van der Waals surface area contributed by atoms with Gasteiger partial charge in [-0.25, -0.2) is 0 Å². The SMILES string of the molecule is COc1ccc(Cl)cc1NC(=O)C(C)N1CCN(Cc2nc(C(C)C)no2)CC1. The lowest BCUT2D eigenvalue weighted by molar-refractivity contribution is -0.121. The van der Waals surface area contributed by atoms with E-state index in [0.717, 1.165) is 32.0 Å². The Bertz CT molecular complexity index is 833. The molecule has 0 bridgehead atoms. The molecule has 1 saturated heterocycles. The number of hydrogen-bond donors (Lipinski definition) is 1. The van der Waals surface area contributed by atoms with Crippen LogP contribution in [0.4, 0.5) is 5.69 Å². The Labute approximate surface area is 176 Å². The molecule has 0 saturated carbocycles. The van der Waals surface area contributed by atoms with Crippen LogP contribution in [0, 0.1) is 0 Å². The molecule has 2 aromatic rings. The van der Waals surface area contributed by atoms with E-state index < -0.39 is 0 Å². The summed E-state index contributed by atoms with van der Waals surface area (Å²) in [7, 11) is 1.56. The van der Waals surface area contributed by atoms with Gasteiger partial charge in [-0.1, -0.05) is 30.6 Å².